The van der Waals surface area contributed by atoms with Crippen LogP contribution >= 0.6 is 11.8 Å². The van der Waals surface area contributed by atoms with Crippen LogP contribution in [0.5, 0.6) is 0 Å². The number of carbonyl (C=O) groups excluding carboxylic acids is 1. The number of hydrogen-bond acceptors (Lipinski definition) is 5. The van der Waals surface area contributed by atoms with E-state index in [1.807, 2.05) is 6.26 Å². The van der Waals surface area contributed by atoms with Gasteiger partial charge in [-0.05, 0) is 32.3 Å². The maximum atomic E-state index is 11.9. The number of rotatable bonds is 9. The Labute approximate surface area is 113 Å². The third-order valence-corrected chi connectivity index (χ3v) is 4.34. The van der Waals surface area contributed by atoms with Gasteiger partial charge in [-0.2, -0.15) is 11.8 Å². The minimum atomic E-state index is -3.42. The fraction of sp³-hybridized carbons (Fsp3) is 0.900. The zero-order valence-corrected chi connectivity index (χ0v) is 12.6. The first-order chi connectivity index (χ1) is 8.36. The number of amides is 1. The highest BCUT2D eigenvalue weighted by atomic mass is 32.2. The lowest BCUT2D eigenvalue weighted by Gasteiger charge is -2.19. The van der Waals surface area contributed by atoms with Crippen LogP contribution < -0.4 is 10.0 Å². The topological polar surface area (TPSA) is 95.5 Å². The monoisotopic (exact) mass is 298 g/mol. The third-order valence-electron chi connectivity index (χ3n) is 2.29. The first kappa shape index (κ1) is 17.7. The summed E-state index contributed by atoms with van der Waals surface area (Å²) in [6.07, 6.45) is 2.31. The van der Waals surface area contributed by atoms with Gasteiger partial charge in [0.15, 0.2) is 0 Å². The van der Waals surface area contributed by atoms with Crippen LogP contribution in [0.25, 0.3) is 0 Å². The molecular weight excluding hydrogens is 276 g/mol. The second-order valence-corrected chi connectivity index (χ2v) is 6.98. The number of sulfonamides is 1. The van der Waals surface area contributed by atoms with Gasteiger partial charge in [0.2, 0.25) is 15.9 Å². The van der Waals surface area contributed by atoms with Crippen LogP contribution in [0.3, 0.4) is 0 Å². The lowest BCUT2D eigenvalue weighted by Crippen LogP contribution is -2.50. The van der Waals surface area contributed by atoms with Crippen LogP contribution in [0.4, 0.5) is 0 Å². The number of aliphatic hydroxyl groups is 1. The summed E-state index contributed by atoms with van der Waals surface area (Å²) in [5.41, 5.74) is 0. The molecule has 18 heavy (non-hydrogen) atoms. The van der Waals surface area contributed by atoms with Gasteiger partial charge in [0.25, 0.3) is 0 Å². The van der Waals surface area contributed by atoms with Crippen molar-refractivity contribution in [3.63, 3.8) is 0 Å². The molecule has 0 aliphatic heterocycles. The summed E-state index contributed by atoms with van der Waals surface area (Å²) >= 11 is 1.54. The SMILES string of the molecule is CCS(=O)(=O)NC(CCSC)C(=O)N[C@@H](C)CO. The molecule has 0 aromatic carbocycles. The number of thioether (sulfide) groups is 1. The Bertz CT molecular complexity index is 346. The highest BCUT2D eigenvalue weighted by Crippen LogP contribution is 2.03. The van der Waals surface area contributed by atoms with Crippen LogP contribution in [-0.4, -0.2) is 55.9 Å². The standard InChI is InChI=1S/C10H22N2O4S2/c1-4-18(15,16)12-9(5-6-17-3)10(14)11-8(2)7-13/h8-9,12-13H,4-7H2,1-3H3,(H,11,14)/t8-,9?/m0/s1. The van der Waals surface area contributed by atoms with Crippen molar-refractivity contribution in [1.82, 2.24) is 10.0 Å². The number of aliphatic hydroxyl groups excluding tert-OH is 1. The summed E-state index contributed by atoms with van der Waals surface area (Å²) in [6.45, 7) is 2.99. The second kappa shape index (κ2) is 8.73. The molecule has 0 aliphatic rings. The average molecular weight is 298 g/mol. The maximum Gasteiger partial charge on any atom is 0.238 e. The Morgan fingerprint density at radius 2 is 2.06 bits per heavy atom. The van der Waals surface area contributed by atoms with E-state index in [-0.39, 0.29) is 18.4 Å². The molecule has 0 aliphatic carbocycles. The van der Waals surface area contributed by atoms with Crippen molar-refractivity contribution in [2.45, 2.75) is 32.4 Å². The molecule has 8 heteroatoms. The van der Waals surface area contributed by atoms with Crippen LogP contribution in [0.15, 0.2) is 0 Å². The quantitative estimate of drug-likeness (QED) is 0.535. The van der Waals surface area contributed by atoms with Gasteiger partial charge in [-0.15, -0.1) is 0 Å². The maximum absolute atomic E-state index is 11.9. The molecule has 0 radical (unpaired) electrons. The highest BCUT2D eigenvalue weighted by molar-refractivity contribution is 7.98. The van der Waals surface area contributed by atoms with E-state index < -0.39 is 22.0 Å². The van der Waals surface area contributed by atoms with Gasteiger partial charge in [-0.3, -0.25) is 4.79 Å². The van der Waals surface area contributed by atoms with Crippen LogP contribution in [0.1, 0.15) is 20.3 Å². The first-order valence-electron chi connectivity index (χ1n) is 5.76. The average Bonchev–Trinajstić information content (AvgIpc) is 2.33. The Hall–Kier alpha value is -0.310. The summed E-state index contributed by atoms with van der Waals surface area (Å²) in [7, 11) is -3.42. The molecular formula is C10H22N2O4S2. The molecule has 0 spiro atoms. The van der Waals surface area contributed by atoms with Crippen molar-refractivity contribution < 1.29 is 18.3 Å². The first-order valence-corrected chi connectivity index (χ1v) is 8.81. The Morgan fingerprint density at radius 3 is 2.50 bits per heavy atom. The number of nitrogens with one attached hydrogen (secondary N) is 2. The highest BCUT2D eigenvalue weighted by Gasteiger charge is 2.23. The zero-order valence-electron chi connectivity index (χ0n) is 11.0. The van der Waals surface area contributed by atoms with E-state index in [4.69, 9.17) is 5.11 Å². The number of hydrogen-bond donors (Lipinski definition) is 3. The minimum Gasteiger partial charge on any atom is -0.394 e. The van der Waals surface area contributed by atoms with Crippen molar-refractivity contribution in [3.05, 3.63) is 0 Å². The Balaban J connectivity index is 4.61. The lowest BCUT2D eigenvalue weighted by atomic mass is 10.2. The molecule has 0 fully saturated rings. The molecule has 3 N–H and O–H groups in total. The van der Waals surface area contributed by atoms with Gasteiger partial charge in [0.1, 0.15) is 6.04 Å². The summed E-state index contributed by atoms with van der Waals surface area (Å²) in [5.74, 6) is 0.214. The molecule has 1 amide bonds. The van der Waals surface area contributed by atoms with Crippen LogP contribution in [-0.2, 0) is 14.8 Å². The van der Waals surface area contributed by atoms with E-state index in [1.165, 1.54) is 6.92 Å². The van der Waals surface area contributed by atoms with Crippen molar-refractivity contribution in [2.24, 2.45) is 0 Å². The van der Waals surface area contributed by atoms with E-state index in [1.54, 1.807) is 18.7 Å². The summed E-state index contributed by atoms with van der Waals surface area (Å²) in [6, 6.07) is -1.17. The van der Waals surface area contributed by atoms with Crippen molar-refractivity contribution in [2.75, 3.05) is 24.4 Å². The zero-order chi connectivity index (χ0) is 14.2. The molecule has 0 saturated heterocycles. The second-order valence-electron chi connectivity index (χ2n) is 3.95. The lowest BCUT2D eigenvalue weighted by molar-refractivity contribution is -0.123. The van der Waals surface area contributed by atoms with E-state index in [9.17, 15) is 13.2 Å². The van der Waals surface area contributed by atoms with Crippen molar-refractivity contribution in [1.29, 1.82) is 0 Å². The molecule has 6 nitrogen and oxygen atoms in total. The molecule has 0 rings (SSSR count). The van der Waals surface area contributed by atoms with Crippen molar-refractivity contribution >= 4 is 27.7 Å². The summed E-state index contributed by atoms with van der Waals surface area (Å²) in [5, 5.41) is 11.4. The van der Waals surface area contributed by atoms with E-state index in [0.717, 1.165) is 0 Å². The van der Waals surface area contributed by atoms with Gasteiger partial charge in [-0.1, -0.05) is 0 Å². The molecule has 0 aromatic rings. The van der Waals surface area contributed by atoms with Crippen molar-refractivity contribution in [3.8, 4) is 0 Å². The fourth-order valence-electron chi connectivity index (χ4n) is 1.17. The number of carbonyl (C=O) groups is 1. The Kier molecular flexibility index (Phi) is 8.58. The van der Waals surface area contributed by atoms with Crippen LogP contribution in [0.2, 0.25) is 0 Å². The van der Waals surface area contributed by atoms with Gasteiger partial charge >= 0.3 is 0 Å². The summed E-state index contributed by atoms with van der Waals surface area (Å²) in [4.78, 5) is 11.9. The molecule has 108 valence electrons. The van der Waals surface area contributed by atoms with E-state index in [2.05, 4.69) is 10.0 Å². The van der Waals surface area contributed by atoms with Gasteiger partial charge in [0, 0.05) is 6.04 Å². The molecule has 1 unspecified atom stereocenters. The normalized spacial score (nSPS) is 15.1. The smallest absolute Gasteiger partial charge is 0.238 e. The molecule has 0 saturated carbocycles. The Morgan fingerprint density at radius 1 is 1.44 bits per heavy atom. The largest absolute Gasteiger partial charge is 0.394 e. The van der Waals surface area contributed by atoms with Gasteiger partial charge in [-0.25, -0.2) is 13.1 Å². The van der Waals surface area contributed by atoms with Crippen LogP contribution in [0, 0.1) is 0 Å². The van der Waals surface area contributed by atoms with E-state index in [0.29, 0.717) is 12.2 Å². The van der Waals surface area contributed by atoms with E-state index >= 15 is 0 Å². The molecule has 0 aromatic heterocycles. The van der Waals surface area contributed by atoms with Gasteiger partial charge in [0.05, 0.1) is 12.4 Å². The predicted molar refractivity (Wildman–Crippen MR) is 74.1 cm³/mol. The van der Waals surface area contributed by atoms with Gasteiger partial charge < -0.3 is 10.4 Å². The molecule has 0 heterocycles. The molecule has 0 bridgehead atoms. The fourth-order valence-corrected chi connectivity index (χ4v) is 2.46. The third kappa shape index (κ3) is 7.20. The molecule has 2 atom stereocenters. The predicted octanol–water partition coefficient (Wildman–Crippen LogP) is -0.456. The minimum absolute atomic E-state index is 0.0639. The summed E-state index contributed by atoms with van der Waals surface area (Å²) < 4.78 is 25.3.